The van der Waals surface area contributed by atoms with Crippen molar-refractivity contribution < 1.29 is 8.42 Å². The molecule has 2 N–H and O–H groups in total. The van der Waals surface area contributed by atoms with Gasteiger partial charge in [0.05, 0.1) is 9.48 Å². The molecule has 0 fully saturated rings. The SMILES string of the molecule is Nc1cccc(S(=O)(=O)N=O)c1. The van der Waals surface area contributed by atoms with Crippen molar-refractivity contribution >= 4 is 15.7 Å². The number of benzene rings is 1. The van der Waals surface area contributed by atoms with Crippen molar-refractivity contribution in [3.63, 3.8) is 0 Å². The monoisotopic (exact) mass is 186 g/mol. The molecule has 0 radical (unpaired) electrons. The number of hydrogen-bond acceptors (Lipinski definition) is 4. The average Bonchev–Trinajstić information content (AvgIpc) is 2.05. The molecule has 1 aromatic carbocycles. The van der Waals surface area contributed by atoms with E-state index in [2.05, 4.69) is 0 Å². The average molecular weight is 186 g/mol. The number of rotatable bonds is 2. The molecule has 12 heavy (non-hydrogen) atoms. The molecule has 0 spiro atoms. The van der Waals surface area contributed by atoms with Gasteiger partial charge >= 0.3 is 10.0 Å². The maximum Gasteiger partial charge on any atom is 0.317 e. The van der Waals surface area contributed by atoms with Crippen LogP contribution in [-0.4, -0.2) is 8.42 Å². The lowest BCUT2D eigenvalue weighted by molar-refractivity contribution is 0.597. The Bertz CT molecular complexity index is 399. The zero-order valence-corrected chi connectivity index (χ0v) is 6.78. The molecule has 0 aliphatic rings. The van der Waals surface area contributed by atoms with E-state index in [0.29, 0.717) is 0 Å². The maximum absolute atomic E-state index is 10.8. The van der Waals surface area contributed by atoms with E-state index in [4.69, 9.17) is 5.73 Å². The fourth-order valence-corrected chi connectivity index (χ4v) is 1.34. The van der Waals surface area contributed by atoms with E-state index in [1.165, 1.54) is 24.3 Å². The molecule has 1 aromatic rings. The predicted molar refractivity (Wildman–Crippen MR) is 43.8 cm³/mol. The van der Waals surface area contributed by atoms with Crippen molar-refractivity contribution in [2.75, 3.05) is 5.73 Å². The lowest BCUT2D eigenvalue weighted by Gasteiger charge is -1.95. The zero-order chi connectivity index (χ0) is 9.19. The second kappa shape index (κ2) is 2.90. The molecule has 0 saturated heterocycles. The van der Waals surface area contributed by atoms with Crippen molar-refractivity contribution in [3.8, 4) is 0 Å². The highest BCUT2D eigenvalue weighted by Crippen LogP contribution is 2.14. The summed E-state index contributed by atoms with van der Waals surface area (Å²) in [6.07, 6.45) is 0. The number of nitrogen functional groups attached to an aromatic ring is 1. The summed E-state index contributed by atoms with van der Waals surface area (Å²) in [5, 5.41) is 0. The first-order valence-electron chi connectivity index (χ1n) is 3.01. The van der Waals surface area contributed by atoms with Gasteiger partial charge in [0.1, 0.15) is 0 Å². The molecule has 0 aliphatic carbocycles. The van der Waals surface area contributed by atoms with Gasteiger partial charge in [-0.3, -0.25) is 0 Å². The van der Waals surface area contributed by atoms with Crippen LogP contribution in [-0.2, 0) is 10.0 Å². The molecule has 0 amide bonds. The van der Waals surface area contributed by atoms with E-state index < -0.39 is 10.0 Å². The van der Waals surface area contributed by atoms with Crippen LogP contribution in [0.3, 0.4) is 0 Å². The van der Waals surface area contributed by atoms with Gasteiger partial charge in [0.2, 0.25) is 0 Å². The highest BCUT2D eigenvalue weighted by Gasteiger charge is 2.13. The third-order valence-electron chi connectivity index (χ3n) is 1.25. The summed E-state index contributed by atoms with van der Waals surface area (Å²) in [4.78, 5) is 9.68. The van der Waals surface area contributed by atoms with Crippen LogP contribution in [0, 0.1) is 4.91 Å². The second-order valence-corrected chi connectivity index (χ2v) is 3.69. The first-order valence-corrected chi connectivity index (χ1v) is 4.45. The molecule has 0 aromatic heterocycles. The Morgan fingerprint density at radius 3 is 2.50 bits per heavy atom. The topological polar surface area (TPSA) is 89.6 Å². The van der Waals surface area contributed by atoms with Crippen molar-refractivity contribution in [1.82, 2.24) is 0 Å². The minimum absolute atomic E-state index is 0.183. The van der Waals surface area contributed by atoms with Crippen LogP contribution in [0.25, 0.3) is 0 Å². The summed E-state index contributed by atoms with van der Waals surface area (Å²) in [5.41, 5.74) is 5.58. The van der Waals surface area contributed by atoms with Crippen molar-refractivity contribution in [1.29, 1.82) is 0 Å². The Morgan fingerprint density at radius 2 is 2.00 bits per heavy atom. The number of nitroso groups, excluding NO2 is 1. The smallest absolute Gasteiger partial charge is 0.317 e. The summed E-state index contributed by atoms with van der Waals surface area (Å²) in [6.45, 7) is 0. The van der Waals surface area contributed by atoms with Crippen molar-refractivity contribution in [2.45, 2.75) is 4.90 Å². The number of nitrogens with zero attached hydrogens (tertiary/aromatic N) is 1. The maximum atomic E-state index is 10.8. The van der Waals surface area contributed by atoms with Gasteiger partial charge in [-0.1, -0.05) is 6.07 Å². The molecule has 0 unspecified atom stereocenters. The van der Waals surface area contributed by atoms with Crippen LogP contribution >= 0.6 is 0 Å². The minimum atomic E-state index is -4.03. The van der Waals surface area contributed by atoms with Crippen molar-refractivity contribution in [3.05, 3.63) is 29.2 Å². The van der Waals surface area contributed by atoms with E-state index >= 15 is 0 Å². The number of sulfonamides is 1. The fraction of sp³-hybridized carbons (Fsp3) is 0. The molecule has 64 valence electrons. The first kappa shape index (κ1) is 8.66. The molecule has 0 bridgehead atoms. The lowest BCUT2D eigenvalue weighted by Crippen LogP contribution is -1.96. The number of anilines is 1. The van der Waals surface area contributed by atoms with Gasteiger partial charge < -0.3 is 5.73 Å². The summed E-state index contributed by atoms with van der Waals surface area (Å²) >= 11 is 0. The Morgan fingerprint density at radius 1 is 1.33 bits per heavy atom. The van der Waals surface area contributed by atoms with Gasteiger partial charge in [-0.2, -0.15) is 8.42 Å². The van der Waals surface area contributed by atoms with Crippen LogP contribution in [0.4, 0.5) is 5.69 Å². The van der Waals surface area contributed by atoms with Gasteiger partial charge in [0.25, 0.3) is 0 Å². The predicted octanol–water partition coefficient (Wildman–Crippen LogP) is 0.724. The first-order chi connectivity index (χ1) is 5.56. The van der Waals surface area contributed by atoms with E-state index in [9.17, 15) is 13.3 Å². The molecule has 0 atom stereocenters. The van der Waals surface area contributed by atoms with Gasteiger partial charge in [-0.05, 0) is 18.2 Å². The standard InChI is InChI=1S/C6H6N2O3S/c7-5-2-1-3-6(4-5)12(10,11)8-9/h1-4H,7H2. The quantitative estimate of drug-likeness (QED) is 0.544. The molecular formula is C6H6N2O3S. The number of hydrogen-bond donors (Lipinski definition) is 1. The molecule has 1 rings (SSSR count). The van der Waals surface area contributed by atoms with E-state index in [-0.39, 0.29) is 10.6 Å². The number of nitrogens with two attached hydrogens (primary N) is 1. The minimum Gasteiger partial charge on any atom is -0.399 e. The molecular weight excluding hydrogens is 180 g/mol. The van der Waals surface area contributed by atoms with Crippen LogP contribution in [0.15, 0.2) is 33.7 Å². The Kier molecular flexibility index (Phi) is 2.09. The van der Waals surface area contributed by atoms with Crippen LogP contribution < -0.4 is 5.73 Å². The third-order valence-corrected chi connectivity index (χ3v) is 2.30. The van der Waals surface area contributed by atoms with Crippen LogP contribution in [0.5, 0.6) is 0 Å². The fourth-order valence-electron chi connectivity index (χ4n) is 0.718. The molecule has 0 aliphatic heterocycles. The largest absolute Gasteiger partial charge is 0.399 e. The Hall–Kier alpha value is -1.43. The summed E-state index contributed by atoms with van der Waals surface area (Å²) in [5.74, 6) is 0. The van der Waals surface area contributed by atoms with Gasteiger partial charge in [0, 0.05) is 5.69 Å². The third kappa shape index (κ3) is 1.59. The van der Waals surface area contributed by atoms with E-state index in [1.54, 1.807) is 0 Å². The molecule has 0 saturated carbocycles. The Balaban J connectivity index is 3.30. The van der Waals surface area contributed by atoms with Gasteiger partial charge in [0.15, 0.2) is 0 Å². The van der Waals surface area contributed by atoms with Crippen molar-refractivity contribution in [2.24, 2.45) is 4.58 Å². The Labute approximate surface area is 69.2 Å². The highest BCUT2D eigenvalue weighted by molar-refractivity contribution is 7.90. The molecule has 6 heteroatoms. The second-order valence-electron chi connectivity index (χ2n) is 2.12. The van der Waals surface area contributed by atoms with Crippen LogP contribution in [0.1, 0.15) is 0 Å². The lowest BCUT2D eigenvalue weighted by atomic mass is 10.3. The van der Waals surface area contributed by atoms with Gasteiger partial charge in [-0.15, -0.1) is 4.91 Å². The molecule has 5 nitrogen and oxygen atoms in total. The highest BCUT2D eigenvalue weighted by atomic mass is 32.2. The van der Waals surface area contributed by atoms with Crippen LogP contribution in [0.2, 0.25) is 0 Å². The van der Waals surface area contributed by atoms with E-state index in [1.807, 2.05) is 4.58 Å². The summed E-state index contributed by atoms with van der Waals surface area (Å²) < 4.78 is 23.6. The van der Waals surface area contributed by atoms with Gasteiger partial charge in [-0.25, -0.2) is 0 Å². The summed E-state index contributed by atoms with van der Waals surface area (Å²) in [7, 11) is -4.03. The summed E-state index contributed by atoms with van der Waals surface area (Å²) in [6, 6.07) is 5.39. The zero-order valence-electron chi connectivity index (χ0n) is 5.97. The molecule has 0 heterocycles. The van der Waals surface area contributed by atoms with E-state index in [0.717, 1.165) is 0 Å². The normalized spacial score (nSPS) is 11.0.